The number of rotatable bonds is 5. The molecule has 21 heavy (non-hydrogen) atoms. The molecule has 6 heteroatoms. The smallest absolute Gasteiger partial charge is 0.272 e. The molecular weight excluding hydrogens is 277 g/mol. The van der Waals surface area contributed by atoms with Crippen LogP contribution in [0.1, 0.15) is 15.9 Å². The average Bonchev–Trinajstić information content (AvgIpc) is 2.44. The van der Waals surface area contributed by atoms with Crippen molar-refractivity contribution in [1.82, 2.24) is 0 Å². The second kappa shape index (κ2) is 6.13. The van der Waals surface area contributed by atoms with Crippen LogP contribution >= 0.6 is 0 Å². The zero-order valence-electron chi connectivity index (χ0n) is 11.2. The summed E-state index contributed by atoms with van der Waals surface area (Å²) in [5.74, 6) is -0.514. The first-order valence-corrected chi connectivity index (χ1v) is 6.14. The van der Waals surface area contributed by atoms with Gasteiger partial charge in [-0.3, -0.25) is 14.9 Å². The Morgan fingerprint density at radius 1 is 1.29 bits per heavy atom. The van der Waals surface area contributed by atoms with Crippen LogP contribution in [-0.4, -0.2) is 17.3 Å². The van der Waals surface area contributed by atoms with Gasteiger partial charge in [0.2, 0.25) is 0 Å². The van der Waals surface area contributed by atoms with Crippen LogP contribution in [0.25, 0.3) is 0 Å². The van der Waals surface area contributed by atoms with Gasteiger partial charge in [-0.1, -0.05) is 12.1 Å². The molecule has 0 aliphatic rings. The molecule has 0 amide bonds. The monoisotopic (exact) mass is 289 g/mol. The molecule has 2 aromatic rings. The summed E-state index contributed by atoms with van der Waals surface area (Å²) in [4.78, 5) is 22.0. The number of halogens is 1. The maximum Gasteiger partial charge on any atom is 0.272 e. The molecule has 0 aliphatic carbocycles. The Bertz CT molecular complexity index is 700. The topological polar surface area (TPSA) is 69.4 Å². The fourth-order valence-corrected chi connectivity index (χ4v) is 1.82. The van der Waals surface area contributed by atoms with Gasteiger partial charge in [0.15, 0.2) is 12.4 Å². The number of nitro benzene ring substituents is 1. The molecule has 0 atom stereocenters. The van der Waals surface area contributed by atoms with E-state index in [0.717, 1.165) is 6.07 Å². The van der Waals surface area contributed by atoms with Crippen LogP contribution in [0.2, 0.25) is 0 Å². The molecule has 0 unspecified atom stereocenters. The third-order valence-electron chi connectivity index (χ3n) is 2.88. The van der Waals surface area contributed by atoms with Crippen LogP contribution in [0.4, 0.5) is 10.1 Å². The first-order chi connectivity index (χ1) is 9.97. The van der Waals surface area contributed by atoms with Crippen LogP contribution in [0.15, 0.2) is 42.5 Å². The van der Waals surface area contributed by atoms with E-state index in [2.05, 4.69) is 0 Å². The summed E-state index contributed by atoms with van der Waals surface area (Å²) in [5, 5.41) is 10.7. The fraction of sp³-hybridized carbons (Fsp3) is 0.133. The molecule has 0 fully saturated rings. The highest BCUT2D eigenvalue weighted by Crippen LogP contribution is 2.23. The minimum atomic E-state index is -0.493. The van der Waals surface area contributed by atoms with Crippen molar-refractivity contribution in [3.05, 3.63) is 69.5 Å². The molecule has 108 valence electrons. The Kier molecular flexibility index (Phi) is 4.27. The van der Waals surface area contributed by atoms with E-state index in [0.29, 0.717) is 11.3 Å². The van der Waals surface area contributed by atoms with Crippen molar-refractivity contribution in [3.8, 4) is 5.75 Å². The van der Waals surface area contributed by atoms with E-state index < -0.39 is 10.7 Å². The van der Waals surface area contributed by atoms with Crippen molar-refractivity contribution in [2.45, 2.75) is 6.92 Å². The molecule has 5 nitrogen and oxygen atoms in total. The lowest BCUT2D eigenvalue weighted by Gasteiger charge is -2.06. The lowest BCUT2D eigenvalue weighted by atomic mass is 10.1. The highest BCUT2D eigenvalue weighted by molar-refractivity contribution is 5.97. The molecule has 0 spiro atoms. The van der Waals surface area contributed by atoms with Gasteiger partial charge in [-0.2, -0.15) is 0 Å². The number of ether oxygens (including phenoxy) is 1. The largest absolute Gasteiger partial charge is 0.485 e. The minimum absolute atomic E-state index is 0.0150. The van der Waals surface area contributed by atoms with Crippen LogP contribution in [0, 0.1) is 22.9 Å². The summed E-state index contributed by atoms with van der Waals surface area (Å²) >= 11 is 0. The van der Waals surface area contributed by atoms with Crippen molar-refractivity contribution in [2.24, 2.45) is 0 Å². The van der Waals surface area contributed by atoms with Crippen molar-refractivity contribution in [3.63, 3.8) is 0 Å². The van der Waals surface area contributed by atoms with Gasteiger partial charge >= 0.3 is 0 Å². The maximum absolute atomic E-state index is 13.0. The number of ketones is 1. The van der Waals surface area contributed by atoms with Gasteiger partial charge in [-0.15, -0.1) is 0 Å². The van der Waals surface area contributed by atoms with Gasteiger partial charge in [0, 0.05) is 17.2 Å². The van der Waals surface area contributed by atoms with Gasteiger partial charge in [0.1, 0.15) is 11.6 Å². The van der Waals surface area contributed by atoms with E-state index in [1.165, 1.54) is 36.4 Å². The number of nitrogens with zero attached hydrogens (tertiary/aromatic N) is 1. The summed E-state index contributed by atoms with van der Waals surface area (Å²) in [6.07, 6.45) is 0. The molecule has 0 radical (unpaired) electrons. The van der Waals surface area contributed by atoms with E-state index in [1.54, 1.807) is 6.92 Å². The molecule has 0 bridgehead atoms. The number of hydrogen-bond donors (Lipinski definition) is 0. The molecule has 0 saturated heterocycles. The molecule has 0 heterocycles. The molecular formula is C15H12FNO4. The summed E-state index contributed by atoms with van der Waals surface area (Å²) in [7, 11) is 0. The van der Waals surface area contributed by atoms with Gasteiger partial charge in [0.05, 0.1) is 4.92 Å². The number of carbonyl (C=O) groups excluding carboxylic acids is 1. The van der Waals surface area contributed by atoms with E-state index in [-0.39, 0.29) is 23.6 Å². The quantitative estimate of drug-likeness (QED) is 0.481. The highest BCUT2D eigenvalue weighted by atomic mass is 19.1. The number of benzene rings is 2. The lowest BCUT2D eigenvalue weighted by Crippen LogP contribution is -2.11. The number of hydrogen-bond acceptors (Lipinski definition) is 4. The Hall–Kier alpha value is -2.76. The molecule has 0 saturated carbocycles. The van der Waals surface area contributed by atoms with Crippen LogP contribution in [-0.2, 0) is 0 Å². The Morgan fingerprint density at radius 3 is 2.67 bits per heavy atom. The van der Waals surface area contributed by atoms with Crippen molar-refractivity contribution >= 4 is 11.5 Å². The summed E-state index contributed by atoms with van der Waals surface area (Å²) < 4.78 is 18.3. The normalized spacial score (nSPS) is 10.2. The number of Topliss-reactive ketones (excluding diaryl/α,β-unsaturated/α-hetero) is 1. The van der Waals surface area contributed by atoms with Crippen molar-refractivity contribution < 1.29 is 18.8 Å². The average molecular weight is 289 g/mol. The molecule has 2 rings (SSSR count). The third kappa shape index (κ3) is 3.62. The number of carbonyl (C=O) groups is 1. The second-order valence-corrected chi connectivity index (χ2v) is 4.43. The Balaban J connectivity index is 2.05. The zero-order valence-corrected chi connectivity index (χ0v) is 11.2. The predicted octanol–water partition coefficient (Wildman–Crippen LogP) is 3.30. The predicted molar refractivity (Wildman–Crippen MR) is 74.1 cm³/mol. The van der Waals surface area contributed by atoms with Gasteiger partial charge in [0.25, 0.3) is 5.69 Å². The Labute approximate surface area is 120 Å². The van der Waals surface area contributed by atoms with Crippen LogP contribution < -0.4 is 4.74 Å². The highest BCUT2D eigenvalue weighted by Gasteiger charge is 2.12. The third-order valence-corrected chi connectivity index (χ3v) is 2.88. The van der Waals surface area contributed by atoms with Crippen molar-refractivity contribution in [2.75, 3.05) is 6.61 Å². The van der Waals surface area contributed by atoms with Gasteiger partial charge < -0.3 is 4.74 Å². The SMILES string of the molecule is Cc1cc(OCC(=O)c2cccc(F)c2)ccc1[N+](=O)[O-]. The first-order valence-electron chi connectivity index (χ1n) is 6.14. The van der Waals surface area contributed by atoms with Gasteiger partial charge in [-0.25, -0.2) is 4.39 Å². The van der Waals surface area contributed by atoms with E-state index in [9.17, 15) is 19.3 Å². The molecule has 0 aliphatic heterocycles. The van der Waals surface area contributed by atoms with Crippen molar-refractivity contribution in [1.29, 1.82) is 0 Å². The summed E-state index contributed by atoms with van der Waals surface area (Å²) in [6.45, 7) is 1.32. The Morgan fingerprint density at radius 2 is 2.05 bits per heavy atom. The fourth-order valence-electron chi connectivity index (χ4n) is 1.82. The van der Waals surface area contributed by atoms with E-state index >= 15 is 0 Å². The standard InChI is InChI=1S/C15H12FNO4/c1-10-7-13(5-6-14(10)17(19)20)21-9-15(18)11-3-2-4-12(16)8-11/h2-8H,9H2,1H3. The first kappa shape index (κ1) is 14.6. The van der Waals surface area contributed by atoms with E-state index in [4.69, 9.17) is 4.74 Å². The lowest BCUT2D eigenvalue weighted by molar-refractivity contribution is -0.385. The summed E-state index contributed by atoms with van der Waals surface area (Å²) in [5.41, 5.74) is 0.642. The minimum Gasteiger partial charge on any atom is -0.485 e. The number of aryl methyl sites for hydroxylation is 1. The van der Waals surface area contributed by atoms with Crippen LogP contribution in [0.5, 0.6) is 5.75 Å². The van der Waals surface area contributed by atoms with E-state index in [1.807, 2.05) is 0 Å². The summed E-state index contributed by atoms with van der Waals surface area (Å²) in [6, 6.07) is 9.54. The zero-order chi connectivity index (χ0) is 15.4. The maximum atomic E-state index is 13.0. The van der Waals surface area contributed by atoms with Gasteiger partial charge in [-0.05, 0) is 31.2 Å². The molecule has 2 aromatic carbocycles. The molecule has 0 aromatic heterocycles. The van der Waals surface area contributed by atoms with Crippen LogP contribution in [0.3, 0.4) is 0 Å². The molecule has 0 N–H and O–H groups in total. The second-order valence-electron chi connectivity index (χ2n) is 4.43. The number of nitro groups is 1.